The Morgan fingerprint density at radius 2 is 1.93 bits per heavy atom. The van der Waals surface area contributed by atoms with Gasteiger partial charge in [-0.2, -0.15) is 0 Å². The van der Waals surface area contributed by atoms with Gasteiger partial charge in [0.05, 0.1) is 11.6 Å². The van der Waals surface area contributed by atoms with Crippen molar-refractivity contribution in [2.24, 2.45) is 5.73 Å². The summed E-state index contributed by atoms with van der Waals surface area (Å²) in [5, 5.41) is 10.3. The molecule has 7 heteroatoms. The Balaban J connectivity index is 0.000000202. The van der Waals surface area contributed by atoms with Gasteiger partial charge in [-0.25, -0.2) is 4.79 Å². The van der Waals surface area contributed by atoms with Crippen LogP contribution in [0, 0.1) is 6.92 Å². The maximum absolute atomic E-state index is 11.3. The first-order valence-electron chi connectivity index (χ1n) is 9.66. The number of fused-ring (bicyclic) bond motifs is 1. The number of benzene rings is 1. The molecule has 154 valence electrons. The molecule has 0 aliphatic heterocycles. The molecule has 1 aliphatic carbocycles. The van der Waals surface area contributed by atoms with Gasteiger partial charge in [-0.05, 0) is 58.2 Å². The molecule has 1 fully saturated rings. The van der Waals surface area contributed by atoms with Crippen LogP contribution in [0.25, 0.3) is 10.9 Å². The molecule has 1 aliphatic rings. The quantitative estimate of drug-likeness (QED) is 0.537. The molecular weight excluding hydrogens is 356 g/mol. The Labute approximate surface area is 166 Å². The van der Waals surface area contributed by atoms with Crippen LogP contribution in [0.2, 0.25) is 0 Å². The molecule has 7 nitrogen and oxygen atoms in total. The van der Waals surface area contributed by atoms with Gasteiger partial charge in [0, 0.05) is 28.9 Å². The van der Waals surface area contributed by atoms with Crippen LogP contribution in [0.1, 0.15) is 52.0 Å². The second-order valence-electron chi connectivity index (χ2n) is 8.44. The minimum Gasteiger partial charge on any atom is -0.465 e. The van der Waals surface area contributed by atoms with Crippen molar-refractivity contribution >= 4 is 29.1 Å². The minimum absolute atomic E-state index is 0.00549. The lowest BCUT2D eigenvalue weighted by Gasteiger charge is -2.44. The van der Waals surface area contributed by atoms with E-state index in [4.69, 9.17) is 11.5 Å². The van der Waals surface area contributed by atoms with E-state index in [-0.39, 0.29) is 17.6 Å². The Kier molecular flexibility index (Phi) is 6.72. The topological polar surface area (TPSA) is 115 Å². The molecule has 0 bridgehead atoms. The van der Waals surface area contributed by atoms with Crippen LogP contribution in [0.4, 0.5) is 10.5 Å². The van der Waals surface area contributed by atoms with E-state index in [0.29, 0.717) is 5.69 Å². The van der Waals surface area contributed by atoms with E-state index in [0.717, 1.165) is 48.6 Å². The Morgan fingerprint density at radius 1 is 1.29 bits per heavy atom. The highest BCUT2D eigenvalue weighted by atomic mass is 16.4. The molecule has 0 saturated heterocycles. The zero-order valence-corrected chi connectivity index (χ0v) is 17.2. The van der Waals surface area contributed by atoms with Gasteiger partial charge >= 0.3 is 6.09 Å². The lowest BCUT2D eigenvalue weighted by molar-refractivity contribution is 0.0491. The van der Waals surface area contributed by atoms with Gasteiger partial charge in [0.2, 0.25) is 6.41 Å². The third-order valence-electron chi connectivity index (χ3n) is 5.21. The van der Waals surface area contributed by atoms with Crippen molar-refractivity contribution in [3.05, 3.63) is 30.0 Å². The smallest absolute Gasteiger partial charge is 0.408 e. The van der Waals surface area contributed by atoms with Gasteiger partial charge in [0.15, 0.2) is 0 Å². The standard InChI is InChI=1S/C11H22N2O2.C10H10N2O/c1-11(2,3)13(10(14)15)9-7-5-4-6-8(9)12;1-7-5-12(6-13)10-4-8(11)2-3-9(7)10/h8-9H,4-7,12H2,1-3H3,(H,14,15);2-6H,11H2,1H3/t8-,9+;/m1./s1. The summed E-state index contributed by atoms with van der Waals surface area (Å²) >= 11 is 0. The van der Waals surface area contributed by atoms with Crippen molar-refractivity contribution in [1.82, 2.24) is 9.47 Å². The largest absolute Gasteiger partial charge is 0.465 e. The Hall–Kier alpha value is -2.54. The van der Waals surface area contributed by atoms with Crippen LogP contribution in [0.5, 0.6) is 0 Å². The number of aryl methyl sites for hydroxylation is 1. The number of hydrogen-bond donors (Lipinski definition) is 3. The first kappa shape index (κ1) is 21.8. The second kappa shape index (κ2) is 8.65. The molecule has 2 atom stereocenters. The van der Waals surface area contributed by atoms with E-state index in [2.05, 4.69) is 0 Å². The first-order valence-corrected chi connectivity index (χ1v) is 9.66. The number of rotatable bonds is 2. The molecule has 0 spiro atoms. The predicted molar refractivity (Wildman–Crippen MR) is 113 cm³/mol. The lowest BCUT2D eigenvalue weighted by Crippen LogP contribution is -2.58. The van der Waals surface area contributed by atoms with Crippen molar-refractivity contribution < 1.29 is 14.7 Å². The Morgan fingerprint density at radius 3 is 2.46 bits per heavy atom. The SMILES string of the molecule is CC(C)(C)N(C(=O)O)[C@H]1CCCC[C@H]1N.Cc1cn(C=O)c2cc(N)ccc12. The van der Waals surface area contributed by atoms with Gasteiger partial charge in [-0.15, -0.1) is 0 Å². The number of carboxylic acid groups (broad SMARTS) is 1. The summed E-state index contributed by atoms with van der Waals surface area (Å²) in [5.41, 5.74) is 13.9. The fourth-order valence-corrected chi connectivity index (χ4v) is 3.92. The maximum atomic E-state index is 11.3. The zero-order valence-electron chi connectivity index (χ0n) is 17.2. The van der Waals surface area contributed by atoms with E-state index in [9.17, 15) is 14.7 Å². The summed E-state index contributed by atoms with van der Waals surface area (Å²) < 4.78 is 1.54. The fourth-order valence-electron chi connectivity index (χ4n) is 3.92. The van der Waals surface area contributed by atoms with E-state index < -0.39 is 6.09 Å². The van der Waals surface area contributed by atoms with Crippen LogP contribution in [-0.2, 0) is 4.79 Å². The highest BCUT2D eigenvalue weighted by Gasteiger charge is 2.37. The summed E-state index contributed by atoms with van der Waals surface area (Å²) in [4.78, 5) is 23.5. The first-order chi connectivity index (χ1) is 13.1. The molecule has 2 aromatic rings. The number of nitrogens with two attached hydrogens (primary N) is 2. The van der Waals surface area contributed by atoms with Crippen LogP contribution in [0.3, 0.4) is 0 Å². The van der Waals surface area contributed by atoms with Crippen molar-refractivity contribution in [2.75, 3.05) is 5.73 Å². The van der Waals surface area contributed by atoms with E-state index in [1.165, 1.54) is 4.90 Å². The van der Waals surface area contributed by atoms with E-state index >= 15 is 0 Å². The van der Waals surface area contributed by atoms with Crippen LogP contribution < -0.4 is 11.5 Å². The van der Waals surface area contributed by atoms with Gasteiger partial charge in [-0.3, -0.25) is 14.3 Å². The number of amides is 1. The molecule has 3 rings (SSSR count). The van der Waals surface area contributed by atoms with Crippen molar-refractivity contribution in [3.8, 4) is 0 Å². The molecule has 1 heterocycles. The predicted octanol–water partition coefficient (Wildman–Crippen LogP) is 3.61. The average molecular weight is 389 g/mol. The normalized spacial score (nSPS) is 19.6. The minimum atomic E-state index is -0.857. The summed E-state index contributed by atoms with van der Waals surface area (Å²) in [5.74, 6) is 0. The Bertz CT molecular complexity index is 838. The molecule has 1 saturated carbocycles. The number of aromatic nitrogens is 1. The third-order valence-corrected chi connectivity index (χ3v) is 5.21. The molecule has 28 heavy (non-hydrogen) atoms. The average Bonchev–Trinajstić information content (AvgIpc) is 2.91. The van der Waals surface area contributed by atoms with Crippen molar-refractivity contribution in [2.45, 2.75) is 71.0 Å². The summed E-state index contributed by atoms with van der Waals surface area (Å²) in [7, 11) is 0. The number of nitrogen functional groups attached to an aromatic ring is 1. The molecule has 1 aromatic carbocycles. The number of carbonyl (C=O) groups excluding carboxylic acids is 1. The molecule has 5 N–H and O–H groups in total. The molecule has 1 amide bonds. The molecule has 0 unspecified atom stereocenters. The van der Waals surface area contributed by atoms with Gasteiger partial charge in [0.1, 0.15) is 0 Å². The summed E-state index contributed by atoms with van der Waals surface area (Å²) in [6.45, 7) is 7.73. The number of anilines is 1. The maximum Gasteiger partial charge on any atom is 0.408 e. The van der Waals surface area contributed by atoms with Crippen molar-refractivity contribution in [3.63, 3.8) is 0 Å². The second-order valence-corrected chi connectivity index (χ2v) is 8.44. The van der Waals surface area contributed by atoms with E-state index in [1.54, 1.807) is 16.8 Å². The van der Waals surface area contributed by atoms with Crippen LogP contribution >= 0.6 is 0 Å². The van der Waals surface area contributed by atoms with Gasteiger partial charge in [0.25, 0.3) is 0 Å². The van der Waals surface area contributed by atoms with Crippen LogP contribution in [-0.4, -0.2) is 44.7 Å². The molecule has 0 radical (unpaired) electrons. The third kappa shape index (κ3) is 4.84. The summed E-state index contributed by atoms with van der Waals surface area (Å²) in [6.07, 6.45) is 5.76. The highest BCUT2D eigenvalue weighted by Crippen LogP contribution is 2.27. The molecule has 1 aromatic heterocycles. The van der Waals surface area contributed by atoms with Gasteiger partial charge < -0.3 is 16.6 Å². The van der Waals surface area contributed by atoms with Crippen LogP contribution in [0.15, 0.2) is 24.4 Å². The van der Waals surface area contributed by atoms with E-state index in [1.807, 2.05) is 39.8 Å². The summed E-state index contributed by atoms with van der Waals surface area (Å²) in [6, 6.07) is 5.55. The number of nitrogens with zero attached hydrogens (tertiary/aromatic N) is 2. The monoisotopic (exact) mass is 388 g/mol. The number of hydrogen-bond acceptors (Lipinski definition) is 4. The van der Waals surface area contributed by atoms with Crippen molar-refractivity contribution in [1.29, 1.82) is 0 Å². The highest BCUT2D eigenvalue weighted by molar-refractivity contribution is 5.90. The van der Waals surface area contributed by atoms with Gasteiger partial charge in [-0.1, -0.05) is 18.9 Å². The fraction of sp³-hybridized carbons (Fsp3) is 0.524. The molecular formula is C21H32N4O3. The number of carbonyl (C=O) groups is 2. The zero-order chi connectivity index (χ0) is 21.1. The lowest BCUT2D eigenvalue weighted by atomic mass is 9.87.